The smallest absolute Gasteiger partial charge is 0.0494 e. The molecule has 82 valence electrons. The van der Waals surface area contributed by atoms with Gasteiger partial charge in [0.1, 0.15) is 0 Å². The molecule has 0 amide bonds. The summed E-state index contributed by atoms with van der Waals surface area (Å²) in [4.78, 5) is 0. The van der Waals surface area contributed by atoms with Crippen molar-refractivity contribution in [2.45, 2.75) is 38.5 Å². The van der Waals surface area contributed by atoms with E-state index >= 15 is 0 Å². The Morgan fingerprint density at radius 1 is 1.07 bits per heavy atom. The Bertz CT molecular complexity index is 152. The average Bonchev–Trinajstić information content (AvgIpc) is 2.90. The second-order valence-electron chi connectivity index (χ2n) is 4.87. The highest BCUT2D eigenvalue weighted by Gasteiger charge is 2.20. The fraction of sp³-hybridized carbons (Fsp3) is 1.00. The summed E-state index contributed by atoms with van der Waals surface area (Å²) in [6.45, 7) is 4.35. The highest BCUT2D eigenvalue weighted by atomic mass is 16.5. The van der Waals surface area contributed by atoms with Crippen molar-refractivity contribution >= 4 is 0 Å². The summed E-state index contributed by atoms with van der Waals surface area (Å²) in [7, 11) is 0. The fourth-order valence-electron chi connectivity index (χ4n) is 1.84. The first-order valence-corrected chi connectivity index (χ1v) is 6.23. The van der Waals surface area contributed by atoms with Crippen LogP contribution in [0.2, 0.25) is 0 Å². The molecule has 0 atom stereocenters. The number of hydrogen-bond acceptors (Lipinski definition) is 2. The van der Waals surface area contributed by atoms with E-state index in [9.17, 15) is 0 Å². The van der Waals surface area contributed by atoms with Crippen LogP contribution < -0.4 is 5.32 Å². The van der Waals surface area contributed by atoms with Crippen LogP contribution in [0.5, 0.6) is 0 Å². The van der Waals surface area contributed by atoms with Crippen LogP contribution in [0.15, 0.2) is 0 Å². The minimum absolute atomic E-state index is 0.915. The standard InChI is InChI=1S/C12H23NO/c1-3-11(4-1)9-13-7-2-8-14-10-12-5-6-12/h11-13H,1-10H2. The summed E-state index contributed by atoms with van der Waals surface area (Å²) in [5.74, 6) is 1.90. The molecule has 2 aliphatic carbocycles. The Morgan fingerprint density at radius 3 is 2.57 bits per heavy atom. The average molecular weight is 197 g/mol. The summed E-state index contributed by atoms with van der Waals surface area (Å²) in [6, 6.07) is 0. The summed E-state index contributed by atoms with van der Waals surface area (Å²) < 4.78 is 5.56. The zero-order chi connectivity index (χ0) is 9.64. The highest BCUT2D eigenvalue weighted by molar-refractivity contribution is 4.72. The molecule has 0 aromatic rings. The second-order valence-corrected chi connectivity index (χ2v) is 4.87. The maximum atomic E-state index is 5.56. The largest absolute Gasteiger partial charge is 0.381 e. The minimum atomic E-state index is 0.915. The molecule has 2 nitrogen and oxygen atoms in total. The molecule has 0 spiro atoms. The molecule has 1 N–H and O–H groups in total. The van der Waals surface area contributed by atoms with Crippen molar-refractivity contribution in [3.8, 4) is 0 Å². The Labute approximate surface area is 87.4 Å². The zero-order valence-corrected chi connectivity index (χ0v) is 9.13. The lowest BCUT2D eigenvalue weighted by Gasteiger charge is -2.25. The number of ether oxygens (including phenoxy) is 1. The van der Waals surface area contributed by atoms with E-state index in [2.05, 4.69) is 5.32 Å². The van der Waals surface area contributed by atoms with Crippen LogP contribution in [0, 0.1) is 11.8 Å². The van der Waals surface area contributed by atoms with Crippen LogP contribution in [-0.2, 0) is 4.74 Å². The van der Waals surface area contributed by atoms with Crippen LogP contribution in [0.3, 0.4) is 0 Å². The predicted octanol–water partition coefficient (Wildman–Crippen LogP) is 2.19. The Balaban J connectivity index is 1.29. The molecule has 2 heteroatoms. The van der Waals surface area contributed by atoms with Gasteiger partial charge in [0.15, 0.2) is 0 Å². The van der Waals surface area contributed by atoms with Gasteiger partial charge in [-0.3, -0.25) is 0 Å². The van der Waals surface area contributed by atoms with Gasteiger partial charge >= 0.3 is 0 Å². The van der Waals surface area contributed by atoms with Crippen molar-refractivity contribution in [3.05, 3.63) is 0 Å². The molecular formula is C12H23NO. The quantitative estimate of drug-likeness (QED) is 0.602. The zero-order valence-electron chi connectivity index (χ0n) is 9.13. The topological polar surface area (TPSA) is 21.3 Å². The van der Waals surface area contributed by atoms with Gasteiger partial charge in [-0.1, -0.05) is 6.42 Å². The number of rotatable bonds is 8. The third-order valence-electron chi connectivity index (χ3n) is 3.35. The minimum Gasteiger partial charge on any atom is -0.381 e. The van der Waals surface area contributed by atoms with E-state index in [1.54, 1.807) is 0 Å². The van der Waals surface area contributed by atoms with Crippen LogP contribution in [0.25, 0.3) is 0 Å². The van der Waals surface area contributed by atoms with Crippen molar-refractivity contribution in [1.82, 2.24) is 5.32 Å². The van der Waals surface area contributed by atoms with Gasteiger partial charge in [-0.25, -0.2) is 0 Å². The summed E-state index contributed by atoms with van der Waals surface area (Å²) >= 11 is 0. The predicted molar refractivity (Wildman–Crippen MR) is 58.4 cm³/mol. The van der Waals surface area contributed by atoms with E-state index in [-0.39, 0.29) is 0 Å². The van der Waals surface area contributed by atoms with Crippen molar-refractivity contribution in [2.75, 3.05) is 26.3 Å². The first-order valence-electron chi connectivity index (χ1n) is 6.23. The summed E-state index contributed by atoms with van der Waals surface area (Å²) in [5, 5.41) is 3.51. The Morgan fingerprint density at radius 2 is 1.93 bits per heavy atom. The number of nitrogens with one attached hydrogen (secondary N) is 1. The normalized spacial score (nSPS) is 22.3. The van der Waals surface area contributed by atoms with Gasteiger partial charge in [-0.2, -0.15) is 0 Å². The van der Waals surface area contributed by atoms with E-state index in [1.807, 2.05) is 0 Å². The van der Waals surface area contributed by atoms with Gasteiger partial charge in [-0.15, -0.1) is 0 Å². The van der Waals surface area contributed by atoms with Gasteiger partial charge in [0.25, 0.3) is 0 Å². The van der Waals surface area contributed by atoms with E-state index in [1.165, 1.54) is 45.1 Å². The van der Waals surface area contributed by atoms with Crippen molar-refractivity contribution in [2.24, 2.45) is 11.8 Å². The molecule has 0 aliphatic heterocycles. The summed E-state index contributed by atoms with van der Waals surface area (Å²) in [5.41, 5.74) is 0. The van der Waals surface area contributed by atoms with E-state index in [0.29, 0.717) is 0 Å². The lowest BCUT2D eigenvalue weighted by molar-refractivity contribution is 0.121. The molecule has 2 fully saturated rings. The fourth-order valence-corrected chi connectivity index (χ4v) is 1.84. The molecular weight excluding hydrogens is 174 g/mol. The van der Waals surface area contributed by atoms with E-state index < -0.39 is 0 Å². The Kier molecular flexibility index (Phi) is 4.26. The molecule has 0 aromatic heterocycles. The maximum absolute atomic E-state index is 5.56. The van der Waals surface area contributed by atoms with Gasteiger partial charge in [0.2, 0.25) is 0 Å². The molecule has 14 heavy (non-hydrogen) atoms. The number of hydrogen-bond donors (Lipinski definition) is 1. The second kappa shape index (κ2) is 5.72. The molecule has 2 aliphatic rings. The lowest BCUT2D eigenvalue weighted by atomic mass is 9.85. The first kappa shape index (κ1) is 10.4. The maximum Gasteiger partial charge on any atom is 0.0494 e. The Hall–Kier alpha value is -0.0800. The third kappa shape index (κ3) is 3.97. The molecule has 0 bridgehead atoms. The molecule has 0 heterocycles. The van der Waals surface area contributed by atoms with Gasteiger partial charge < -0.3 is 10.1 Å². The molecule has 0 radical (unpaired) electrons. The molecule has 0 aromatic carbocycles. The van der Waals surface area contributed by atoms with Gasteiger partial charge in [0, 0.05) is 13.2 Å². The lowest BCUT2D eigenvalue weighted by Crippen LogP contribution is -2.28. The van der Waals surface area contributed by atoms with Crippen LogP contribution in [-0.4, -0.2) is 26.3 Å². The van der Waals surface area contributed by atoms with Gasteiger partial charge in [-0.05, 0) is 57.0 Å². The van der Waals surface area contributed by atoms with Crippen LogP contribution >= 0.6 is 0 Å². The van der Waals surface area contributed by atoms with E-state index in [4.69, 9.17) is 4.74 Å². The van der Waals surface area contributed by atoms with Crippen LogP contribution in [0.4, 0.5) is 0 Å². The van der Waals surface area contributed by atoms with Crippen molar-refractivity contribution in [3.63, 3.8) is 0 Å². The highest BCUT2D eigenvalue weighted by Crippen LogP contribution is 2.28. The third-order valence-corrected chi connectivity index (χ3v) is 3.35. The monoisotopic (exact) mass is 197 g/mol. The first-order chi connectivity index (χ1) is 6.95. The van der Waals surface area contributed by atoms with Crippen LogP contribution in [0.1, 0.15) is 38.5 Å². The van der Waals surface area contributed by atoms with Crippen molar-refractivity contribution < 1.29 is 4.74 Å². The SMILES string of the molecule is C(CNCC1CCC1)COCC1CC1. The molecule has 0 saturated heterocycles. The van der Waals surface area contributed by atoms with E-state index in [0.717, 1.165) is 31.6 Å². The molecule has 2 rings (SSSR count). The van der Waals surface area contributed by atoms with Crippen molar-refractivity contribution in [1.29, 1.82) is 0 Å². The summed E-state index contributed by atoms with van der Waals surface area (Å²) in [6.07, 6.45) is 8.34. The van der Waals surface area contributed by atoms with Gasteiger partial charge in [0.05, 0.1) is 0 Å². The molecule has 2 saturated carbocycles. The molecule has 0 unspecified atom stereocenters.